The van der Waals surface area contributed by atoms with Gasteiger partial charge in [-0.1, -0.05) is 6.92 Å². The molecule has 2 N–H and O–H groups in total. The number of hydrogen-bond acceptors (Lipinski definition) is 4. The van der Waals surface area contributed by atoms with Crippen LogP contribution < -0.4 is 4.72 Å². The van der Waals surface area contributed by atoms with Gasteiger partial charge in [0.05, 0.1) is 22.5 Å². The molecular formula is C14H18FN3O3S. The largest absolute Gasteiger partial charge is 0.508 e. The molecule has 2 aromatic rings. The van der Waals surface area contributed by atoms with Gasteiger partial charge in [-0.25, -0.2) is 12.8 Å². The van der Waals surface area contributed by atoms with E-state index in [2.05, 4.69) is 9.82 Å². The van der Waals surface area contributed by atoms with Crippen LogP contribution in [0.15, 0.2) is 29.3 Å². The van der Waals surface area contributed by atoms with Gasteiger partial charge in [0.15, 0.2) is 0 Å². The van der Waals surface area contributed by atoms with E-state index in [1.807, 2.05) is 13.8 Å². The molecule has 0 aliphatic rings. The van der Waals surface area contributed by atoms with Gasteiger partial charge < -0.3 is 5.11 Å². The molecule has 0 aliphatic carbocycles. The number of aromatic nitrogens is 2. The van der Waals surface area contributed by atoms with Crippen LogP contribution in [0.4, 0.5) is 10.1 Å². The van der Waals surface area contributed by atoms with E-state index < -0.39 is 21.6 Å². The molecule has 1 atom stereocenters. The zero-order valence-corrected chi connectivity index (χ0v) is 13.4. The number of hydrogen-bond donors (Lipinski definition) is 2. The van der Waals surface area contributed by atoms with Crippen molar-refractivity contribution >= 4 is 15.7 Å². The number of rotatable bonds is 5. The summed E-state index contributed by atoms with van der Waals surface area (Å²) in [6.07, 6.45) is 2.27. The number of phenolic OH excluding ortho intramolecular Hbond substituents is 1. The third kappa shape index (κ3) is 3.22. The number of sulfonamides is 1. The minimum atomic E-state index is -4.00. The molecule has 1 aromatic heterocycles. The first kappa shape index (κ1) is 16.3. The second-order valence-corrected chi connectivity index (χ2v) is 6.78. The van der Waals surface area contributed by atoms with E-state index >= 15 is 0 Å². The van der Waals surface area contributed by atoms with Gasteiger partial charge in [-0.05, 0) is 26.3 Å². The fraction of sp³-hybridized carbons (Fsp3) is 0.357. The van der Waals surface area contributed by atoms with Gasteiger partial charge in [0.2, 0.25) is 0 Å². The summed E-state index contributed by atoms with van der Waals surface area (Å²) in [5.74, 6) is -1.28. The van der Waals surface area contributed by atoms with Crippen molar-refractivity contribution in [1.82, 2.24) is 9.78 Å². The van der Waals surface area contributed by atoms with E-state index in [0.717, 1.165) is 24.6 Å². The molecular weight excluding hydrogens is 309 g/mol. The van der Waals surface area contributed by atoms with E-state index in [1.54, 1.807) is 11.6 Å². The lowest BCUT2D eigenvalue weighted by Crippen LogP contribution is -2.14. The zero-order valence-electron chi connectivity index (χ0n) is 12.5. The van der Waals surface area contributed by atoms with Crippen LogP contribution in [0.2, 0.25) is 0 Å². The van der Waals surface area contributed by atoms with Crippen molar-refractivity contribution in [2.24, 2.45) is 0 Å². The highest BCUT2D eigenvalue weighted by molar-refractivity contribution is 7.92. The Kier molecular flexibility index (Phi) is 4.41. The van der Waals surface area contributed by atoms with Crippen molar-refractivity contribution in [2.45, 2.75) is 38.1 Å². The molecule has 120 valence electrons. The van der Waals surface area contributed by atoms with Crippen LogP contribution in [0, 0.1) is 12.7 Å². The lowest BCUT2D eigenvalue weighted by molar-refractivity contribution is 0.466. The second kappa shape index (κ2) is 5.96. The van der Waals surface area contributed by atoms with Crippen LogP contribution in [0.1, 0.15) is 32.0 Å². The first-order valence-corrected chi connectivity index (χ1v) is 8.29. The maximum Gasteiger partial charge on any atom is 0.262 e. The van der Waals surface area contributed by atoms with Gasteiger partial charge in [0, 0.05) is 18.2 Å². The number of anilines is 1. The molecule has 8 heteroatoms. The third-order valence-corrected chi connectivity index (χ3v) is 4.81. The molecule has 0 aliphatic heterocycles. The fourth-order valence-electron chi connectivity index (χ4n) is 2.05. The summed E-state index contributed by atoms with van der Waals surface area (Å²) in [6.45, 7) is 5.73. The Bertz CT molecular complexity index is 766. The summed E-state index contributed by atoms with van der Waals surface area (Å²) in [5.41, 5.74) is 0.989. The smallest absolute Gasteiger partial charge is 0.262 e. The van der Waals surface area contributed by atoms with Crippen molar-refractivity contribution in [3.8, 4) is 5.75 Å². The molecule has 1 unspecified atom stereocenters. The zero-order chi connectivity index (χ0) is 16.5. The van der Waals surface area contributed by atoms with Gasteiger partial charge >= 0.3 is 0 Å². The Morgan fingerprint density at radius 3 is 2.68 bits per heavy atom. The number of aromatic hydroxyl groups is 1. The van der Waals surface area contributed by atoms with Crippen LogP contribution in [0.5, 0.6) is 5.75 Å². The first-order chi connectivity index (χ1) is 10.2. The molecule has 0 bridgehead atoms. The molecule has 0 radical (unpaired) electrons. The maximum atomic E-state index is 13.3. The van der Waals surface area contributed by atoms with Crippen LogP contribution in [-0.2, 0) is 10.0 Å². The second-order valence-electron chi connectivity index (χ2n) is 5.10. The molecule has 0 saturated heterocycles. The molecule has 1 heterocycles. The van der Waals surface area contributed by atoms with Gasteiger partial charge in [-0.2, -0.15) is 5.10 Å². The highest BCUT2D eigenvalue weighted by atomic mass is 32.2. The molecule has 1 aromatic carbocycles. The minimum Gasteiger partial charge on any atom is -0.508 e. The standard InChI is InChI=1S/C14H18FN3O3S/c1-4-9(2)18-10(3)14(8-16-18)17-22(20,21)13-6-11(15)5-12(19)7-13/h5-9,17,19H,4H2,1-3H3. The number of benzene rings is 1. The van der Waals surface area contributed by atoms with E-state index in [-0.39, 0.29) is 10.9 Å². The SMILES string of the molecule is CCC(C)n1ncc(NS(=O)(=O)c2cc(O)cc(F)c2)c1C. The van der Waals surface area contributed by atoms with Crippen LogP contribution in [-0.4, -0.2) is 23.3 Å². The summed E-state index contributed by atoms with van der Waals surface area (Å²) in [5, 5.41) is 13.5. The number of halogens is 1. The highest BCUT2D eigenvalue weighted by Gasteiger charge is 2.20. The normalized spacial score (nSPS) is 13.1. The van der Waals surface area contributed by atoms with E-state index in [4.69, 9.17) is 0 Å². The van der Waals surface area contributed by atoms with Crippen LogP contribution in [0.3, 0.4) is 0 Å². The quantitative estimate of drug-likeness (QED) is 0.884. The molecule has 22 heavy (non-hydrogen) atoms. The van der Waals surface area contributed by atoms with Gasteiger partial charge in [-0.3, -0.25) is 9.40 Å². The van der Waals surface area contributed by atoms with Crippen molar-refractivity contribution in [1.29, 1.82) is 0 Å². The lowest BCUT2D eigenvalue weighted by atomic mass is 10.2. The average Bonchev–Trinajstić information content (AvgIpc) is 2.78. The summed E-state index contributed by atoms with van der Waals surface area (Å²) in [7, 11) is -4.00. The highest BCUT2D eigenvalue weighted by Crippen LogP contribution is 2.24. The van der Waals surface area contributed by atoms with Crippen molar-refractivity contribution in [2.75, 3.05) is 4.72 Å². The van der Waals surface area contributed by atoms with E-state index in [9.17, 15) is 17.9 Å². The third-order valence-electron chi connectivity index (χ3n) is 3.46. The van der Waals surface area contributed by atoms with E-state index in [0.29, 0.717) is 11.4 Å². The molecule has 6 nitrogen and oxygen atoms in total. The lowest BCUT2D eigenvalue weighted by Gasteiger charge is -2.13. The Labute approximate surface area is 128 Å². The maximum absolute atomic E-state index is 13.3. The fourth-order valence-corrected chi connectivity index (χ4v) is 3.20. The van der Waals surface area contributed by atoms with Crippen LogP contribution >= 0.6 is 0 Å². The van der Waals surface area contributed by atoms with Gasteiger partial charge in [-0.15, -0.1) is 0 Å². The predicted molar refractivity (Wildman–Crippen MR) is 80.8 cm³/mol. The van der Waals surface area contributed by atoms with Crippen LogP contribution in [0.25, 0.3) is 0 Å². The molecule has 2 rings (SSSR count). The topological polar surface area (TPSA) is 84.2 Å². The van der Waals surface area contributed by atoms with Crippen molar-refractivity contribution < 1.29 is 17.9 Å². The summed E-state index contributed by atoms with van der Waals surface area (Å²) < 4.78 is 41.9. The monoisotopic (exact) mass is 327 g/mol. The summed E-state index contributed by atoms with van der Waals surface area (Å²) in [6, 6.07) is 2.80. The Morgan fingerprint density at radius 1 is 1.41 bits per heavy atom. The number of phenols is 1. The predicted octanol–water partition coefficient (Wildman–Crippen LogP) is 2.81. The molecule has 0 saturated carbocycles. The first-order valence-electron chi connectivity index (χ1n) is 6.81. The Hall–Kier alpha value is -2.09. The van der Waals surface area contributed by atoms with Crippen molar-refractivity contribution in [3.05, 3.63) is 35.9 Å². The molecule has 0 fully saturated rings. The summed E-state index contributed by atoms with van der Waals surface area (Å²) in [4.78, 5) is -0.347. The molecule has 0 amide bonds. The van der Waals surface area contributed by atoms with Gasteiger partial charge in [0.1, 0.15) is 11.6 Å². The van der Waals surface area contributed by atoms with E-state index in [1.165, 1.54) is 6.20 Å². The summed E-state index contributed by atoms with van der Waals surface area (Å²) >= 11 is 0. The number of nitrogens with one attached hydrogen (secondary N) is 1. The average molecular weight is 327 g/mol. The molecule has 0 spiro atoms. The van der Waals surface area contributed by atoms with Crippen molar-refractivity contribution in [3.63, 3.8) is 0 Å². The Balaban J connectivity index is 2.35. The Morgan fingerprint density at radius 2 is 2.09 bits per heavy atom. The van der Waals surface area contributed by atoms with Gasteiger partial charge in [0.25, 0.3) is 10.0 Å². The minimum absolute atomic E-state index is 0.136. The number of nitrogens with zero attached hydrogens (tertiary/aromatic N) is 2.